The van der Waals surface area contributed by atoms with Crippen molar-refractivity contribution in [1.29, 1.82) is 0 Å². The van der Waals surface area contributed by atoms with Crippen LogP contribution >= 0.6 is 15.9 Å². The van der Waals surface area contributed by atoms with Crippen LogP contribution in [0.3, 0.4) is 0 Å². The second kappa shape index (κ2) is 5.48. The average molecular weight is 353 g/mol. The Morgan fingerprint density at radius 2 is 2.00 bits per heavy atom. The molecule has 21 heavy (non-hydrogen) atoms. The van der Waals surface area contributed by atoms with Crippen LogP contribution in [0.2, 0.25) is 0 Å². The van der Waals surface area contributed by atoms with Gasteiger partial charge in [-0.25, -0.2) is 9.69 Å². The second-order valence-electron chi connectivity index (χ2n) is 5.11. The van der Waals surface area contributed by atoms with Crippen LogP contribution in [0.15, 0.2) is 28.7 Å². The van der Waals surface area contributed by atoms with Crippen LogP contribution in [0, 0.1) is 5.92 Å². The highest BCUT2D eigenvalue weighted by Gasteiger charge is 2.38. The summed E-state index contributed by atoms with van der Waals surface area (Å²) in [7, 11) is 0. The van der Waals surface area contributed by atoms with Crippen LogP contribution in [0.5, 0.6) is 0 Å². The van der Waals surface area contributed by atoms with E-state index in [1.807, 2.05) is 18.2 Å². The minimum absolute atomic E-state index is 0.0472. The van der Waals surface area contributed by atoms with Crippen molar-refractivity contribution in [3.63, 3.8) is 0 Å². The van der Waals surface area contributed by atoms with Gasteiger partial charge in [-0.15, -0.1) is 0 Å². The van der Waals surface area contributed by atoms with Gasteiger partial charge in [0.25, 0.3) is 11.8 Å². The first-order chi connectivity index (χ1) is 10.1. The fourth-order valence-electron chi connectivity index (χ4n) is 2.47. The summed E-state index contributed by atoms with van der Waals surface area (Å²) in [5, 5.41) is 0. The van der Waals surface area contributed by atoms with Crippen molar-refractivity contribution in [3.05, 3.63) is 34.3 Å². The summed E-state index contributed by atoms with van der Waals surface area (Å²) in [5.74, 6) is -0.240. The largest absolute Gasteiger partial charge is 0.439 e. The highest BCUT2D eigenvalue weighted by atomic mass is 79.9. The molecule has 3 amide bonds. The van der Waals surface area contributed by atoms with Gasteiger partial charge in [-0.1, -0.05) is 12.1 Å². The highest BCUT2D eigenvalue weighted by molar-refractivity contribution is 9.10. The number of hydrogen-bond donors (Lipinski definition) is 0. The van der Waals surface area contributed by atoms with Crippen LogP contribution in [0.4, 0.5) is 4.79 Å². The summed E-state index contributed by atoms with van der Waals surface area (Å²) in [4.78, 5) is 37.9. The number of benzene rings is 1. The number of hydrogen-bond acceptors (Lipinski definition) is 4. The Morgan fingerprint density at radius 3 is 2.62 bits per heavy atom. The molecule has 3 rings (SSSR count). The van der Waals surface area contributed by atoms with Gasteiger partial charge < -0.3 is 9.64 Å². The Balaban J connectivity index is 1.56. The Kier molecular flexibility index (Phi) is 3.67. The average Bonchev–Trinajstić information content (AvgIpc) is 2.73. The van der Waals surface area contributed by atoms with E-state index in [9.17, 15) is 14.4 Å². The second-order valence-corrected chi connectivity index (χ2v) is 5.97. The van der Waals surface area contributed by atoms with Gasteiger partial charge in [0.2, 0.25) is 0 Å². The van der Waals surface area contributed by atoms with Crippen molar-refractivity contribution in [2.24, 2.45) is 5.92 Å². The lowest BCUT2D eigenvalue weighted by atomic mass is 9.98. The molecule has 7 heteroatoms. The number of imide groups is 1. The molecule has 2 aliphatic rings. The first-order valence-corrected chi connectivity index (χ1v) is 7.36. The van der Waals surface area contributed by atoms with Gasteiger partial charge in [0.15, 0.2) is 6.61 Å². The number of rotatable bonds is 3. The summed E-state index contributed by atoms with van der Waals surface area (Å²) >= 11 is 3.36. The van der Waals surface area contributed by atoms with Crippen molar-refractivity contribution in [2.45, 2.75) is 0 Å². The van der Waals surface area contributed by atoms with E-state index >= 15 is 0 Å². The zero-order chi connectivity index (χ0) is 15.0. The van der Waals surface area contributed by atoms with E-state index in [0.29, 0.717) is 25.2 Å². The molecule has 1 aromatic rings. The number of likely N-dealkylation sites (tertiary alicyclic amines) is 1. The SMILES string of the molecule is O=C(c1ccccc1Br)N1CC(CN2C(=O)COC2=O)C1. The summed E-state index contributed by atoms with van der Waals surface area (Å²) in [6, 6.07) is 7.25. The summed E-state index contributed by atoms with van der Waals surface area (Å²) in [5.41, 5.74) is 0.618. The molecule has 0 spiro atoms. The lowest BCUT2D eigenvalue weighted by Gasteiger charge is -2.40. The van der Waals surface area contributed by atoms with Crippen LogP contribution < -0.4 is 0 Å². The molecule has 110 valence electrons. The Labute approximate surface area is 129 Å². The third-order valence-electron chi connectivity index (χ3n) is 3.63. The number of nitrogens with zero attached hydrogens (tertiary/aromatic N) is 2. The standard InChI is InChI=1S/C14H13BrN2O4/c15-11-4-2-1-3-10(11)13(19)16-5-9(6-16)7-17-12(18)8-21-14(17)20/h1-4,9H,5-8H2. The van der Waals surface area contributed by atoms with Gasteiger partial charge in [0.1, 0.15) is 0 Å². The normalized spacial score (nSPS) is 18.7. The minimum atomic E-state index is -0.587. The molecule has 0 saturated carbocycles. The predicted octanol–water partition coefficient (Wildman–Crippen LogP) is 1.50. The molecular weight excluding hydrogens is 340 g/mol. The lowest BCUT2D eigenvalue weighted by Crippen LogP contribution is -2.54. The Hall–Kier alpha value is -1.89. The molecule has 2 aliphatic heterocycles. The monoisotopic (exact) mass is 352 g/mol. The van der Waals surface area contributed by atoms with Crippen LogP contribution in [-0.4, -0.2) is 53.9 Å². The van der Waals surface area contributed by atoms with Gasteiger partial charge in [-0.3, -0.25) is 9.59 Å². The number of carbonyl (C=O) groups is 3. The maximum absolute atomic E-state index is 12.3. The fourth-order valence-corrected chi connectivity index (χ4v) is 2.93. The van der Waals surface area contributed by atoms with Crippen molar-refractivity contribution >= 4 is 33.8 Å². The first-order valence-electron chi connectivity index (χ1n) is 6.57. The van der Waals surface area contributed by atoms with E-state index < -0.39 is 6.09 Å². The number of carbonyl (C=O) groups excluding carboxylic acids is 3. The van der Waals surface area contributed by atoms with Gasteiger partial charge in [-0.05, 0) is 28.1 Å². The Morgan fingerprint density at radius 1 is 1.29 bits per heavy atom. The lowest BCUT2D eigenvalue weighted by molar-refractivity contribution is -0.126. The van der Waals surface area contributed by atoms with Crippen molar-refractivity contribution in [1.82, 2.24) is 9.80 Å². The van der Waals surface area contributed by atoms with E-state index in [-0.39, 0.29) is 24.3 Å². The maximum Gasteiger partial charge on any atom is 0.417 e. The van der Waals surface area contributed by atoms with Crippen LogP contribution in [-0.2, 0) is 9.53 Å². The molecular formula is C14H13BrN2O4. The summed E-state index contributed by atoms with van der Waals surface area (Å²) < 4.78 is 5.42. The third kappa shape index (κ3) is 2.65. The van der Waals surface area contributed by atoms with Crippen LogP contribution in [0.1, 0.15) is 10.4 Å². The molecule has 0 bridgehead atoms. The van der Waals surface area contributed by atoms with Crippen molar-refractivity contribution in [3.8, 4) is 0 Å². The van der Waals surface area contributed by atoms with E-state index in [1.54, 1.807) is 11.0 Å². The number of amides is 3. The topological polar surface area (TPSA) is 66.9 Å². The zero-order valence-electron chi connectivity index (χ0n) is 11.1. The molecule has 0 N–H and O–H groups in total. The van der Waals surface area contributed by atoms with E-state index in [4.69, 9.17) is 0 Å². The van der Waals surface area contributed by atoms with Gasteiger partial charge in [-0.2, -0.15) is 0 Å². The molecule has 6 nitrogen and oxygen atoms in total. The summed E-state index contributed by atoms with van der Waals surface area (Å²) in [6.07, 6.45) is -0.587. The zero-order valence-corrected chi connectivity index (χ0v) is 12.7. The molecule has 2 fully saturated rings. The quantitative estimate of drug-likeness (QED) is 0.826. The minimum Gasteiger partial charge on any atom is -0.439 e. The predicted molar refractivity (Wildman–Crippen MR) is 76.6 cm³/mol. The highest BCUT2D eigenvalue weighted by Crippen LogP contribution is 2.24. The molecule has 0 unspecified atom stereocenters. The van der Waals surface area contributed by atoms with E-state index in [1.165, 1.54) is 0 Å². The fraction of sp³-hybridized carbons (Fsp3) is 0.357. The van der Waals surface area contributed by atoms with Gasteiger partial charge in [0, 0.05) is 30.0 Å². The van der Waals surface area contributed by atoms with Gasteiger partial charge in [0.05, 0.1) is 5.56 Å². The van der Waals surface area contributed by atoms with Crippen molar-refractivity contribution < 1.29 is 19.1 Å². The van der Waals surface area contributed by atoms with Crippen molar-refractivity contribution in [2.75, 3.05) is 26.2 Å². The molecule has 0 atom stereocenters. The molecule has 1 aromatic carbocycles. The maximum atomic E-state index is 12.3. The molecule has 2 saturated heterocycles. The molecule has 0 aliphatic carbocycles. The Bertz CT molecular complexity index is 597. The molecule has 0 radical (unpaired) electrons. The van der Waals surface area contributed by atoms with E-state index in [2.05, 4.69) is 20.7 Å². The van der Waals surface area contributed by atoms with Gasteiger partial charge >= 0.3 is 6.09 Å². The number of halogens is 1. The number of cyclic esters (lactones) is 1. The smallest absolute Gasteiger partial charge is 0.417 e. The summed E-state index contributed by atoms with van der Waals surface area (Å²) in [6.45, 7) is 1.22. The number of ether oxygens (including phenoxy) is 1. The van der Waals surface area contributed by atoms with Crippen LogP contribution in [0.25, 0.3) is 0 Å². The molecule has 2 heterocycles. The van der Waals surface area contributed by atoms with E-state index in [0.717, 1.165) is 9.37 Å². The third-order valence-corrected chi connectivity index (χ3v) is 4.32. The molecule has 0 aromatic heterocycles. The first kappa shape index (κ1) is 14.1.